The van der Waals surface area contributed by atoms with Gasteiger partial charge in [0.1, 0.15) is 5.25 Å². The number of hydrogen-bond acceptors (Lipinski definition) is 3. The van der Waals surface area contributed by atoms with Crippen LogP contribution in [-0.4, -0.2) is 26.3 Å². The quantitative estimate of drug-likeness (QED) is 0.834. The Balaban J connectivity index is 2.44. The zero-order chi connectivity index (χ0) is 11.3. The molecule has 2 atom stereocenters. The second kappa shape index (κ2) is 6.02. The van der Waals surface area contributed by atoms with Crippen LogP contribution >= 0.6 is 11.3 Å². The molecule has 1 aromatic heterocycles. The molecule has 0 radical (unpaired) electrons. The number of aryl methyl sites for hydroxylation is 1. The average molecular weight is 246 g/mol. The smallest absolute Gasteiger partial charge is 0.319 e. The van der Waals surface area contributed by atoms with Crippen molar-refractivity contribution in [2.45, 2.75) is 25.0 Å². The summed E-state index contributed by atoms with van der Waals surface area (Å²) < 4.78 is 11.6. The normalized spacial score (nSPS) is 14.7. The fourth-order valence-corrected chi connectivity index (χ4v) is 3.29. The molecule has 0 saturated carbocycles. The van der Waals surface area contributed by atoms with Crippen LogP contribution in [0, 0.1) is 0 Å². The van der Waals surface area contributed by atoms with Crippen molar-refractivity contribution >= 4 is 28.1 Å². The molecule has 0 amide bonds. The number of carbonyl (C=O) groups is 1. The summed E-state index contributed by atoms with van der Waals surface area (Å²) in [6, 6.07) is 1.98. The molecule has 1 aromatic rings. The molecule has 0 fully saturated rings. The summed E-state index contributed by atoms with van der Waals surface area (Å²) in [4.78, 5) is 10.7. The predicted octanol–water partition coefficient (Wildman–Crippen LogP) is 1.90. The first kappa shape index (κ1) is 12.4. The number of rotatable bonds is 6. The lowest BCUT2D eigenvalue weighted by atomic mass is 10.3. The summed E-state index contributed by atoms with van der Waals surface area (Å²) in [5.41, 5.74) is 1.13. The van der Waals surface area contributed by atoms with Crippen molar-refractivity contribution in [1.82, 2.24) is 0 Å². The highest BCUT2D eigenvalue weighted by atomic mass is 32.2. The number of hydrogen-bond donors (Lipinski definition) is 1. The molecule has 2 unspecified atom stereocenters. The molecular weight excluding hydrogens is 232 g/mol. The highest BCUT2D eigenvalue weighted by molar-refractivity contribution is 7.86. The van der Waals surface area contributed by atoms with Crippen LogP contribution in [0.3, 0.4) is 0 Å². The van der Waals surface area contributed by atoms with Gasteiger partial charge in [-0.2, -0.15) is 11.3 Å². The van der Waals surface area contributed by atoms with Crippen molar-refractivity contribution in [3.8, 4) is 0 Å². The van der Waals surface area contributed by atoms with Gasteiger partial charge in [0.15, 0.2) is 0 Å². The Morgan fingerprint density at radius 1 is 1.67 bits per heavy atom. The van der Waals surface area contributed by atoms with Gasteiger partial charge < -0.3 is 5.11 Å². The van der Waals surface area contributed by atoms with E-state index in [-0.39, 0.29) is 0 Å². The summed E-state index contributed by atoms with van der Waals surface area (Å²) >= 11 is 1.60. The van der Waals surface area contributed by atoms with E-state index in [0.717, 1.165) is 5.56 Å². The molecule has 1 heterocycles. The Kier molecular flexibility index (Phi) is 4.98. The van der Waals surface area contributed by atoms with E-state index in [4.69, 9.17) is 5.11 Å². The van der Waals surface area contributed by atoms with Gasteiger partial charge in [-0.15, -0.1) is 0 Å². The first-order valence-corrected chi connectivity index (χ1v) is 7.08. The fraction of sp³-hybridized carbons (Fsp3) is 0.500. The van der Waals surface area contributed by atoms with E-state index in [1.807, 2.05) is 16.8 Å². The number of carboxylic acid groups (broad SMARTS) is 1. The molecule has 0 aliphatic carbocycles. The number of thiophene rings is 1. The summed E-state index contributed by atoms with van der Waals surface area (Å²) in [6.45, 7) is 1.75. The van der Waals surface area contributed by atoms with Crippen LogP contribution in [0.1, 0.15) is 18.9 Å². The lowest BCUT2D eigenvalue weighted by molar-refractivity contribution is -0.136. The van der Waals surface area contributed by atoms with Crippen LogP contribution in [0.15, 0.2) is 16.8 Å². The molecule has 0 aliphatic heterocycles. The maximum absolute atomic E-state index is 11.6. The zero-order valence-corrected chi connectivity index (χ0v) is 10.1. The number of carboxylic acids is 1. The Morgan fingerprint density at radius 3 is 2.87 bits per heavy atom. The van der Waals surface area contributed by atoms with Crippen molar-refractivity contribution in [3.63, 3.8) is 0 Å². The molecule has 0 aromatic carbocycles. The summed E-state index contributed by atoms with van der Waals surface area (Å²) in [5.74, 6) is -0.525. The van der Waals surface area contributed by atoms with Crippen LogP contribution < -0.4 is 0 Å². The molecule has 84 valence electrons. The van der Waals surface area contributed by atoms with Gasteiger partial charge >= 0.3 is 5.97 Å². The van der Waals surface area contributed by atoms with Crippen molar-refractivity contribution < 1.29 is 14.1 Å². The highest BCUT2D eigenvalue weighted by Gasteiger charge is 2.21. The van der Waals surface area contributed by atoms with E-state index in [1.165, 1.54) is 0 Å². The maximum atomic E-state index is 11.6. The van der Waals surface area contributed by atoms with Gasteiger partial charge in [-0.25, -0.2) is 0 Å². The molecule has 15 heavy (non-hydrogen) atoms. The minimum absolute atomic E-state index is 0.422. The largest absolute Gasteiger partial charge is 0.480 e. The highest BCUT2D eigenvalue weighted by Crippen LogP contribution is 2.09. The lowest BCUT2D eigenvalue weighted by Gasteiger charge is -2.08. The van der Waals surface area contributed by atoms with Crippen molar-refractivity contribution in [2.24, 2.45) is 0 Å². The molecule has 0 saturated heterocycles. The van der Waals surface area contributed by atoms with Crippen LogP contribution in [0.4, 0.5) is 0 Å². The van der Waals surface area contributed by atoms with Crippen molar-refractivity contribution in [3.05, 3.63) is 22.4 Å². The third kappa shape index (κ3) is 3.76. The Morgan fingerprint density at radius 2 is 2.40 bits per heavy atom. The van der Waals surface area contributed by atoms with Gasteiger partial charge in [0.05, 0.1) is 0 Å². The molecule has 1 N–H and O–H groups in total. The van der Waals surface area contributed by atoms with E-state index in [2.05, 4.69) is 0 Å². The van der Waals surface area contributed by atoms with Crippen molar-refractivity contribution in [2.75, 3.05) is 5.75 Å². The first-order chi connectivity index (χ1) is 7.15. The molecular formula is C10H14O3S2. The van der Waals surface area contributed by atoms with Crippen LogP contribution in [0.5, 0.6) is 0 Å². The van der Waals surface area contributed by atoms with Gasteiger partial charge in [-0.1, -0.05) is 6.92 Å². The molecule has 0 bridgehead atoms. The van der Waals surface area contributed by atoms with Crippen LogP contribution in [-0.2, 0) is 22.0 Å². The summed E-state index contributed by atoms with van der Waals surface area (Å²) in [6.07, 6.45) is 1.12. The van der Waals surface area contributed by atoms with Crippen LogP contribution in [0.2, 0.25) is 0 Å². The maximum Gasteiger partial charge on any atom is 0.319 e. The third-order valence-corrected chi connectivity index (χ3v) is 4.64. The molecule has 0 aliphatic rings. The second-order valence-corrected chi connectivity index (χ2v) is 5.72. The van der Waals surface area contributed by atoms with Gasteiger partial charge in [0.25, 0.3) is 0 Å². The standard InChI is InChI=1S/C10H14O3S2/c1-2-9(10(11)12)15(13)6-4-8-3-5-14-7-8/h3,5,7,9H,2,4,6H2,1H3,(H,11,12). The molecule has 0 spiro atoms. The Bertz CT molecular complexity index is 332. The third-order valence-electron chi connectivity index (χ3n) is 2.14. The summed E-state index contributed by atoms with van der Waals surface area (Å²) in [5, 5.41) is 12.1. The topological polar surface area (TPSA) is 54.4 Å². The fourth-order valence-electron chi connectivity index (χ4n) is 1.27. The van der Waals surface area contributed by atoms with E-state index < -0.39 is 22.0 Å². The Hall–Kier alpha value is -0.680. The van der Waals surface area contributed by atoms with Crippen LogP contribution in [0.25, 0.3) is 0 Å². The van der Waals surface area contributed by atoms with Gasteiger partial charge in [-0.3, -0.25) is 9.00 Å². The van der Waals surface area contributed by atoms with E-state index in [0.29, 0.717) is 18.6 Å². The monoisotopic (exact) mass is 246 g/mol. The Labute approximate surface area is 95.6 Å². The predicted molar refractivity (Wildman–Crippen MR) is 62.7 cm³/mol. The molecule has 1 rings (SSSR count). The second-order valence-electron chi connectivity index (χ2n) is 3.20. The minimum Gasteiger partial charge on any atom is -0.480 e. The number of aliphatic carboxylic acids is 1. The first-order valence-electron chi connectivity index (χ1n) is 4.76. The van der Waals surface area contributed by atoms with Gasteiger partial charge in [0.2, 0.25) is 0 Å². The zero-order valence-electron chi connectivity index (χ0n) is 8.51. The molecule has 3 nitrogen and oxygen atoms in total. The SMILES string of the molecule is CCC(C(=O)O)S(=O)CCc1ccsc1. The minimum atomic E-state index is -1.27. The summed E-state index contributed by atoms with van der Waals surface area (Å²) in [7, 11) is -1.27. The van der Waals surface area contributed by atoms with E-state index in [1.54, 1.807) is 18.3 Å². The van der Waals surface area contributed by atoms with Gasteiger partial charge in [0, 0.05) is 16.6 Å². The average Bonchev–Trinajstić information content (AvgIpc) is 2.67. The van der Waals surface area contributed by atoms with E-state index >= 15 is 0 Å². The van der Waals surface area contributed by atoms with Gasteiger partial charge in [-0.05, 0) is 35.2 Å². The van der Waals surface area contributed by atoms with Crippen molar-refractivity contribution in [1.29, 1.82) is 0 Å². The molecule has 5 heteroatoms. The van der Waals surface area contributed by atoms with E-state index in [9.17, 15) is 9.00 Å². The lowest BCUT2D eigenvalue weighted by Crippen LogP contribution is -2.27.